The van der Waals surface area contributed by atoms with Crippen molar-refractivity contribution in [3.05, 3.63) is 78.2 Å². The molecule has 0 amide bonds. The Morgan fingerprint density at radius 1 is 1.03 bits per heavy atom. The van der Waals surface area contributed by atoms with Gasteiger partial charge in [-0.1, -0.05) is 43.3 Å². The van der Waals surface area contributed by atoms with Crippen LogP contribution in [-0.2, 0) is 16.3 Å². The fourth-order valence-corrected chi connectivity index (χ4v) is 4.90. The Bertz CT molecular complexity index is 1290. The van der Waals surface area contributed by atoms with E-state index in [4.69, 9.17) is 4.98 Å². The van der Waals surface area contributed by atoms with Gasteiger partial charge in [0.25, 0.3) is 0 Å². The maximum Gasteiger partial charge on any atom is 0.195 e. The second-order valence-corrected chi connectivity index (χ2v) is 9.58. The maximum absolute atomic E-state index is 12.0. The zero-order valence-corrected chi connectivity index (χ0v) is 16.9. The first kappa shape index (κ1) is 18.1. The lowest BCUT2D eigenvalue weighted by atomic mass is 10.0. The second-order valence-electron chi connectivity index (χ2n) is 7.36. The molecule has 29 heavy (non-hydrogen) atoms. The summed E-state index contributed by atoms with van der Waals surface area (Å²) < 4.78 is 26.4. The fourth-order valence-electron chi connectivity index (χ4n) is 4.12. The van der Waals surface area contributed by atoms with Crippen LogP contribution in [-0.4, -0.2) is 28.7 Å². The molecule has 1 aliphatic heterocycles. The van der Waals surface area contributed by atoms with Crippen LogP contribution < -0.4 is 0 Å². The van der Waals surface area contributed by atoms with Crippen molar-refractivity contribution < 1.29 is 8.42 Å². The number of fused-ring (bicyclic) bond motifs is 3. The number of aromatic nitrogens is 3. The lowest BCUT2D eigenvalue weighted by molar-refractivity contribution is 0.593. The molecule has 1 atom stereocenters. The molecule has 1 unspecified atom stereocenters. The van der Waals surface area contributed by atoms with Crippen LogP contribution in [0.15, 0.2) is 71.9 Å². The van der Waals surface area contributed by atoms with Gasteiger partial charge >= 0.3 is 0 Å². The molecule has 146 valence electrons. The van der Waals surface area contributed by atoms with Crippen molar-refractivity contribution in [2.45, 2.75) is 30.8 Å². The van der Waals surface area contributed by atoms with Gasteiger partial charge in [-0.2, -0.15) is 0 Å². The van der Waals surface area contributed by atoms with Crippen molar-refractivity contribution in [3.63, 3.8) is 0 Å². The SMILES string of the molecule is CCS(=O)(=O)c1ccc(-c2ccc3nc4n(c3c2)C(c2ccccc2)CC4)cn1. The monoisotopic (exact) mass is 403 g/mol. The lowest BCUT2D eigenvalue weighted by Crippen LogP contribution is -2.06. The molecule has 5 nitrogen and oxygen atoms in total. The van der Waals surface area contributed by atoms with Crippen molar-refractivity contribution in [1.82, 2.24) is 14.5 Å². The van der Waals surface area contributed by atoms with E-state index in [0.29, 0.717) is 6.04 Å². The predicted octanol–water partition coefficient (Wildman–Crippen LogP) is 4.43. The number of aryl methyl sites for hydroxylation is 1. The first-order chi connectivity index (χ1) is 14.1. The molecule has 1 aliphatic rings. The highest BCUT2D eigenvalue weighted by Crippen LogP contribution is 2.36. The van der Waals surface area contributed by atoms with Gasteiger partial charge in [-0.05, 0) is 41.8 Å². The van der Waals surface area contributed by atoms with Gasteiger partial charge in [-0.15, -0.1) is 0 Å². The van der Waals surface area contributed by atoms with Crippen molar-refractivity contribution in [1.29, 1.82) is 0 Å². The molecule has 0 saturated heterocycles. The molecule has 0 radical (unpaired) electrons. The van der Waals surface area contributed by atoms with Crippen LogP contribution in [0.1, 0.15) is 30.8 Å². The van der Waals surface area contributed by atoms with Crippen LogP contribution in [0.25, 0.3) is 22.2 Å². The number of sulfone groups is 1. The summed E-state index contributed by atoms with van der Waals surface area (Å²) in [6, 6.07) is 20.4. The number of rotatable bonds is 4. The van der Waals surface area contributed by atoms with Gasteiger partial charge in [0, 0.05) is 18.2 Å². The zero-order chi connectivity index (χ0) is 20.0. The molecular formula is C23H21N3O2S. The van der Waals surface area contributed by atoms with Gasteiger partial charge in [0.15, 0.2) is 14.9 Å². The standard InChI is InChI=1S/C23H21N3O2S/c1-2-29(27,28)23-13-9-18(15-24-23)17-8-10-19-21(14-17)26-20(11-12-22(26)25-19)16-6-4-3-5-7-16/h3-10,13-15,20H,2,11-12H2,1H3. The van der Waals surface area contributed by atoms with Gasteiger partial charge < -0.3 is 4.57 Å². The van der Waals surface area contributed by atoms with Gasteiger partial charge in [-0.25, -0.2) is 18.4 Å². The van der Waals surface area contributed by atoms with E-state index in [1.165, 1.54) is 5.56 Å². The molecule has 5 rings (SSSR count). The summed E-state index contributed by atoms with van der Waals surface area (Å²) in [5.41, 5.74) is 5.29. The van der Waals surface area contributed by atoms with Crippen molar-refractivity contribution >= 4 is 20.9 Å². The third-order valence-electron chi connectivity index (χ3n) is 5.67. The first-order valence-corrected chi connectivity index (χ1v) is 11.5. The van der Waals surface area contributed by atoms with Crippen LogP contribution >= 0.6 is 0 Å². The van der Waals surface area contributed by atoms with E-state index in [2.05, 4.69) is 39.9 Å². The van der Waals surface area contributed by atoms with Crippen LogP contribution in [0.2, 0.25) is 0 Å². The number of nitrogens with zero attached hydrogens (tertiary/aromatic N) is 3. The largest absolute Gasteiger partial charge is 0.320 e. The van der Waals surface area contributed by atoms with E-state index in [1.807, 2.05) is 24.3 Å². The number of imidazole rings is 1. The summed E-state index contributed by atoms with van der Waals surface area (Å²) in [6.07, 6.45) is 3.66. The highest BCUT2D eigenvalue weighted by atomic mass is 32.2. The van der Waals surface area contributed by atoms with Gasteiger partial charge in [0.1, 0.15) is 5.82 Å². The predicted molar refractivity (Wildman–Crippen MR) is 114 cm³/mol. The highest BCUT2D eigenvalue weighted by molar-refractivity contribution is 7.91. The van der Waals surface area contributed by atoms with Crippen LogP contribution in [0, 0.1) is 0 Å². The summed E-state index contributed by atoms with van der Waals surface area (Å²) in [4.78, 5) is 9.02. The molecule has 0 bridgehead atoms. The lowest BCUT2D eigenvalue weighted by Gasteiger charge is -2.15. The van der Waals surface area contributed by atoms with E-state index in [1.54, 1.807) is 19.2 Å². The number of pyridine rings is 1. The Balaban J connectivity index is 1.58. The average molecular weight is 404 g/mol. The van der Waals surface area contributed by atoms with E-state index >= 15 is 0 Å². The molecule has 0 N–H and O–H groups in total. The minimum absolute atomic E-state index is 0.0497. The summed E-state index contributed by atoms with van der Waals surface area (Å²) in [6.45, 7) is 1.63. The molecule has 0 aliphatic carbocycles. The number of hydrogen-bond donors (Lipinski definition) is 0. The van der Waals surface area contributed by atoms with Crippen LogP contribution in [0.5, 0.6) is 0 Å². The van der Waals surface area contributed by atoms with E-state index in [9.17, 15) is 8.42 Å². The van der Waals surface area contributed by atoms with E-state index in [0.717, 1.165) is 40.8 Å². The molecule has 0 saturated carbocycles. The minimum Gasteiger partial charge on any atom is -0.320 e. The van der Waals surface area contributed by atoms with Crippen LogP contribution in [0.3, 0.4) is 0 Å². The summed E-state index contributed by atoms with van der Waals surface area (Å²) >= 11 is 0. The van der Waals surface area contributed by atoms with Gasteiger partial charge in [0.05, 0.1) is 22.8 Å². The fraction of sp³-hybridized carbons (Fsp3) is 0.217. The van der Waals surface area contributed by atoms with Gasteiger partial charge in [-0.3, -0.25) is 0 Å². The third-order valence-corrected chi connectivity index (χ3v) is 7.31. The summed E-state index contributed by atoms with van der Waals surface area (Å²) in [5, 5.41) is 0.124. The quantitative estimate of drug-likeness (QED) is 0.506. The Kier molecular flexibility index (Phi) is 4.24. The minimum atomic E-state index is -3.29. The second kappa shape index (κ2) is 6.81. The molecule has 6 heteroatoms. The summed E-state index contributed by atoms with van der Waals surface area (Å²) in [7, 11) is -3.29. The first-order valence-electron chi connectivity index (χ1n) is 9.82. The molecular weight excluding hydrogens is 382 g/mol. The number of benzene rings is 2. The Morgan fingerprint density at radius 2 is 1.83 bits per heavy atom. The topological polar surface area (TPSA) is 64.8 Å². The number of hydrogen-bond acceptors (Lipinski definition) is 4. The smallest absolute Gasteiger partial charge is 0.195 e. The summed E-state index contributed by atoms with van der Waals surface area (Å²) in [5.74, 6) is 1.17. The third kappa shape index (κ3) is 3.04. The molecule has 4 aromatic rings. The molecule has 0 spiro atoms. The van der Waals surface area contributed by atoms with Crippen molar-refractivity contribution in [3.8, 4) is 11.1 Å². The van der Waals surface area contributed by atoms with Crippen LogP contribution in [0.4, 0.5) is 0 Å². The highest BCUT2D eigenvalue weighted by Gasteiger charge is 2.27. The Morgan fingerprint density at radius 3 is 2.55 bits per heavy atom. The normalized spacial score (nSPS) is 16.2. The Hall–Kier alpha value is -2.99. The van der Waals surface area contributed by atoms with E-state index < -0.39 is 9.84 Å². The van der Waals surface area contributed by atoms with Gasteiger partial charge in [0.2, 0.25) is 0 Å². The molecule has 2 aromatic heterocycles. The van der Waals surface area contributed by atoms with Crippen molar-refractivity contribution in [2.24, 2.45) is 0 Å². The zero-order valence-electron chi connectivity index (χ0n) is 16.1. The maximum atomic E-state index is 12.0. The molecule has 2 aromatic carbocycles. The molecule has 0 fully saturated rings. The molecule has 3 heterocycles. The van der Waals surface area contributed by atoms with E-state index in [-0.39, 0.29) is 10.8 Å². The average Bonchev–Trinajstić information content (AvgIpc) is 3.33. The Labute approximate surface area is 170 Å². The van der Waals surface area contributed by atoms with Crippen molar-refractivity contribution in [2.75, 3.05) is 5.75 Å².